The van der Waals surface area contributed by atoms with Gasteiger partial charge in [0.2, 0.25) is 11.8 Å². The molecule has 0 radical (unpaired) electrons. The lowest BCUT2D eigenvalue weighted by atomic mass is 9.82. The number of nitrogens with zero attached hydrogens (tertiary/aromatic N) is 1. The van der Waals surface area contributed by atoms with Crippen molar-refractivity contribution in [3.8, 4) is 5.88 Å². The Kier molecular flexibility index (Phi) is 5.92. The molecule has 1 aromatic heterocycles. The van der Waals surface area contributed by atoms with E-state index in [0.29, 0.717) is 19.0 Å². The maximum Gasteiger partial charge on any atom is 0.417 e. The molecule has 1 aliphatic carbocycles. The molecular formula is C15H19ClF3N3O2. The fourth-order valence-corrected chi connectivity index (χ4v) is 2.81. The number of carbonyl (C=O) groups excluding carboxylic acids is 1. The number of hydrogen-bond donors (Lipinski definition) is 2. The highest BCUT2D eigenvalue weighted by Gasteiger charge is 2.35. The molecule has 1 aromatic rings. The smallest absolute Gasteiger partial charge is 0.417 e. The zero-order chi connectivity index (χ0) is 17.8. The molecule has 0 saturated heterocycles. The highest BCUT2D eigenvalue weighted by molar-refractivity contribution is 6.31. The number of aromatic nitrogens is 1. The van der Waals surface area contributed by atoms with Crippen molar-refractivity contribution in [2.45, 2.75) is 43.8 Å². The van der Waals surface area contributed by atoms with Gasteiger partial charge >= 0.3 is 6.18 Å². The van der Waals surface area contributed by atoms with Crippen LogP contribution in [0.3, 0.4) is 0 Å². The lowest BCUT2D eigenvalue weighted by molar-refractivity contribution is -0.137. The van der Waals surface area contributed by atoms with Crippen LogP contribution in [0.4, 0.5) is 13.2 Å². The normalized spacial score (nSPS) is 17.4. The van der Waals surface area contributed by atoms with E-state index in [2.05, 4.69) is 10.3 Å². The summed E-state index contributed by atoms with van der Waals surface area (Å²) in [4.78, 5) is 15.6. The topological polar surface area (TPSA) is 77.2 Å². The van der Waals surface area contributed by atoms with Crippen LogP contribution in [0.15, 0.2) is 12.3 Å². The highest BCUT2D eigenvalue weighted by atomic mass is 35.5. The van der Waals surface area contributed by atoms with Crippen molar-refractivity contribution in [3.05, 3.63) is 22.8 Å². The van der Waals surface area contributed by atoms with Gasteiger partial charge in [-0.05, 0) is 18.9 Å². The van der Waals surface area contributed by atoms with E-state index in [0.717, 1.165) is 25.3 Å². The number of amides is 1. The van der Waals surface area contributed by atoms with Crippen molar-refractivity contribution in [2.24, 2.45) is 5.73 Å². The summed E-state index contributed by atoms with van der Waals surface area (Å²) in [6, 6.07) is 0.749. The zero-order valence-corrected chi connectivity index (χ0v) is 13.7. The average molecular weight is 366 g/mol. The lowest BCUT2D eigenvalue weighted by Crippen LogP contribution is -2.55. The summed E-state index contributed by atoms with van der Waals surface area (Å²) in [5.74, 6) is -0.351. The van der Waals surface area contributed by atoms with Crippen molar-refractivity contribution in [1.29, 1.82) is 0 Å². The van der Waals surface area contributed by atoms with Crippen molar-refractivity contribution >= 4 is 17.5 Å². The number of halogens is 4. The molecule has 0 unspecified atom stereocenters. The van der Waals surface area contributed by atoms with Gasteiger partial charge in [-0.25, -0.2) is 4.98 Å². The number of pyridine rings is 1. The third-order valence-electron chi connectivity index (χ3n) is 3.96. The average Bonchev–Trinajstić information content (AvgIpc) is 2.52. The first-order chi connectivity index (χ1) is 11.2. The van der Waals surface area contributed by atoms with Crippen LogP contribution in [0.5, 0.6) is 5.88 Å². The first-order valence-corrected chi connectivity index (χ1v) is 8.03. The van der Waals surface area contributed by atoms with Crippen molar-refractivity contribution in [2.75, 3.05) is 13.2 Å². The molecule has 3 N–H and O–H groups in total. The number of rotatable bonds is 5. The van der Waals surface area contributed by atoms with Gasteiger partial charge < -0.3 is 15.8 Å². The van der Waals surface area contributed by atoms with Crippen LogP contribution in [0, 0.1) is 0 Å². The van der Waals surface area contributed by atoms with Gasteiger partial charge in [-0.15, -0.1) is 0 Å². The maximum absolute atomic E-state index is 12.5. The van der Waals surface area contributed by atoms with Crippen molar-refractivity contribution in [3.63, 3.8) is 0 Å². The molecule has 1 amide bonds. The second-order valence-corrected chi connectivity index (χ2v) is 6.24. The molecule has 1 aliphatic rings. The van der Waals surface area contributed by atoms with E-state index < -0.39 is 17.3 Å². The third-order valence-corrected chi connectivity index (χ3v) is 4.23. The molecule has 1 heterocycles. The van der Waals surface area contributed by atoms with Crippen LogP contribution >= 0.6 is 11.6 Å². The molecule has 1 fully saturated rings. The summed E-state index contributed by atoms with van der Waals surface area (Å²) in [5, 5.41) is 2.44. The summed E-state index contributed by atoms with van der Waals surface area (Å²) in [7, 11) is 0. The van der Waals surface area contributed by atoms with Crippen molar-refractivity contribution < 1.29 is 22.7 Å². The minimum Gasteiger partial charge on any atom is -0.475 e. The van der Waals surface area contributed by atoms with Gasteiger partial charge in [-0.3, -0.25) is 4.79 Å². The predicted molar refractivity (Wildman–Crippen MR) is 82.8 cm³/mol. The van der Waals surface area contributed by atoms with E-state index in [9.17, 15) is 18.0 Å². The van der Waals surface area contributed by atoms with Crippen molar-refractivity contribution in [1.82, 2.24) is 10.3 Å². The lowest BCUT2D eigenvalue weighted by Gasteiger charge is -2.31. The van der Waals surface area contributed by atoms with E-state index in [-0.39, 0.29) is 30.0 Å². The minimum atomic E-state index is -4.52. The van der Waals surface area contributed by atoms with E-state index in [1.54, 1.807) is 0 Å². The monoisotopic (exact) mass is 365 g/mol. The second kappa shape index (κ2) is 7.57. The van der Waals surface area contributed by atoms with Gasteiger partial charge in [0, 0.05) is 6.20 Å². The number of nitrogens with one attached hydrogen (secondary N) is 1. The van der Waals surface area contributed by atoms with Gasteiger partial charge in [0.05, 0.1) is 17.6 Å². The van der Waals surface area contributed by atoms with E-state index >= 15 is 0 Å². The summed E-state index contributed by atoms with van der Waals surface area (Å²) < 4.78 is 42.7. The van der Waals surface area contributed by atoms with E-state index in [1.807, 2.05) is 0 Å². The SMILES string of the molecule is NC1(C(=O)NCCOc2ncc(C(F)(F)F)cc2Cl)CCCCC1. The molecule has 0 aromatic carbocycles. The molecule has 0 bridgehead atoms. The largest absolute Gasteiger partial charge is 0.475 e. The van der Waals surface area contributed by atoms with E-state index in [4.69, 9.17) is 22.1 Å². The molecule has 1 saturated carbocycles. The second-order valence-electron chi connectivity index (χ2n) is 5.83. The Morgan fingerprint density at radius 1 is 1.38 bits per heavy atom. The Balaban J connectivity index is 1.81. The summed E-state index contributed by atoms with van der Waals surface area (Å²) >= 11 is 5.73. The molecule has 0 aliphatic heterocycles. The molecular weight excluding hydrogens is 347 g/mol. The Labute approximate surface area is 142 Å². The maximum atomic E-state index is 12.5. The van der Waals surface area contributed by atoms with Crippen LogP contribution < -0.4 is 15.8 Å². The van der Waals surface area contributed by atoms with Gasteiger partial charge in [0.25, 0.3) is 0 Å². The van der Waals surface area contributed by atoms with Crippen LogP contribution in [-0.4, -0.2) is 29.6 Å². The predicted octanol–water partition coefficient (Wildman–Crippen LogP) is 2.91. The molecule has 134 valence electrons. The number of hydrogen-bond acceptors (Lipinski definition) is 4. The quantitative estimate of drug-likeness (QED) is 0.786. The van der Waals surface area contributed by atoms with Crippen LogP contribution in [0.2, 0.25) is 5.02 Å². The Morgan fingerprint density at radius 2 is 2.04 bits per heavy atom. The van der Waals surface area contributed by atoms with Gasteiger partial charge in [0.1, 0.15) is 11.6 Å². The molecule has 9 heteroatoms. The van der Waals surface area contributed by atoms with Crippen LogP contribution in [0.1, 0.15) is 37.7 Å². The number of alkyl halides is 3. The van der Waals surface area contributed by atoms with Gasteiger partial charge in [-0.1, -0.05) is 30.9 Å². The van der Waals surface area contributed by atoms with Crippen LogP contribution in [-0.2, 0) is 11.0 Å². The Morgan fingerprint density at radius 3 is 2.62 bits per heavy atom. The number of ether oxygens (including phenoxy) is 1. The summed E-state index contributed by atoms with van der Waals surface area (Å²) in [6.07, 6.45) is 0.345. The minimum absolute atomic E-state index is 0.0277. The molecule has 0 spiro atoms. The van der Waals surface area contributed by atoms with Gasteiger partial charge in [-0.2, -0.15) is 13.2 Å². The van der Waals surface area contributed by atoms with Gasteiger partial charge in [0.15, 0.2) is 0 Å². The standard InChI is InChI=1S/C15H19ClF3N3O2/c16-11-8-10(15(17,18)19)9-22-12(11)24-7-6-21-13(23)14(20)4-2-1-3-5-14/h8-9H,1-7,20H2,(H,21,23). The first-order valence-electron chi connectivity index (χ1n) is 7.65. The highest BCUT2D eigenvalue weighted by Crippen LogP contribution is 2.33. The fraction of sp³-hybridized carbons (Fsp3) is 0.600. The molecule has 0 atom stereocenters. The molecule has 2 rings (SSSR count). The number of carbonyl (C=O) groups is 1. The summed E-state index contributed by atoms with van der Waals surface area (Å²) in [5.41, 5.74) is 4.29. The number of nitrogens with two attached hydrogens (primary N) is 1. The fourth-order valence-electron chi connectivity index (χ4n) is 2.58. The van der Waals surface area contributed by atoms with E-state index in [1.165, 1.54) is 0 Å². The Bertz CT molecular complexity index is 590. The Hall–Kier alpha value is -1.54. The molecule has 24 heavy (non-hydrogen) atoms. The third kappa shape index (κ3) is 4.73. The first kappa shape index (κ1) is 18.8. The zero-order valence-electron chi connectivity index (χ0n) is 13.0. The van der Waals surface area contributed by atoms with Crippen LogP contribution in [0.25, 0.3) is 0 Å². The summed E-state index contributed by atoms with van der Waals surface area (Å²) in [6.45, 7) is 0.191. The molecule has 5 nitrogen and oxygen atoms in total.